The van der Waals surface area contributed by atoms with Crippen molar-refractivity contribution in [1.82, 2.24) is 0 Å². The fourth-order valence-electron chi connectivity index (χ4n) is 2.18. The molecule has 0 bridgehead atoms. The van der Waals surface area contributed by atoms with Crippen LogP contribution >= 0.6 is 15.9 Å². The molecule has 0 radical (unpaired) electrons. The molecule has 2 aromatic carbocycles. The summed E-state index contributed by atoms with van der Waals surface area (Å²) in [5, 5.41) is 0. The number of hydrogen-bond donors (Lipinski definition) is 0. The minimum Gasteiger partial charge on any atom is -0.492 e. The third kappa shape index (κ3) is 5.68. The van der Waals surface area contributed by atoms with E-state index in [1.54, 1.807) is 12.1 Å². The molecule has 0 saturated carbocycles. The van der Waals surface area contributed by atoms with Crippen molar-refractivity contribution in [3.8, 4) is 11.5 Å². The van der Waals surface area contributed by atoms with Crippen LogP contribution in [0.15, 0.2) is 46.9 Å². The normalized spacial score (nSPS) is 10.7. The predicted octanol–water partition coefficient (Wildman–Crippen LogP) is 5.65. The van der Waals surface area contributed by atoms with E-state index in [9.17, 15) is 4.79 Å². The number of benzene rings is 2. The van der Waals surface area contributed by atoms with Crippen molar-refractivity contribution in [2.45, 2.75) is 39.5 Å². The number of rotatable bonds is 7. The van der Waals surface area contributed by atoms with Crippen molar-refractivity contribution in [1.29, 1.82) is 0 Å². The first-order valence-electron chi connectivity index (χ1n) is 8.15. The average Bonchev–Trinajstić information content (AvgIpc) is 2.54. The molecule has 4 heteroatoms. The Morgan fingerprint density at radius 1 is 1.12 bits per heavy atom. The summed E-state index contributed by atoms with van der Waals surface area (Å²) >= 11 is 3.53. The Kier molecular flexibility index (Phi) is 6.85. The molecule has 2 aromatic rings. The number of esters is 1. The van der Waals surface area contributed by atoms with E-state index in [-0.39, 0.29) is 5.97 Å². The largest absolute Gasteiger partial charge is 0.492 e. The maximum atomic E-state index is 11.8. The van der Waals surface area contributed by atoms with Crippen LogP contribution in [0.25, 0.3) is 0 Å². The van der Waals surface area contributed by atoms with Crippen molar-refractivity contribution in [2.24, 2.45) is 0 Å². The van der Waals surface area contributed by atoms with Crippen molar-refractivity contribution in [2.75, 3.05) is 6.61 Å². The van der Waals surface area contributed by atoms with Gasteiger partial charge in [0.05, 0.1) is 11.1 Å². The molecule has 2 rings (SSSR count). The Bertz CT molecular complexity index is 678. The highest BCUT2D eigenvalue weighted by molar-refractivity contribution is 9.10. The van der Waals surface area contributed by atoms with Crippen molar-refractivity contribution < 1.29 is 14.3 Å². The third-order valence-electron chi connectivity index (χ3n) is 3.66. The molecule has 24 heavy (non-hydrogen) atoms. The van der Waals surface area contributed by atoms with Gasteiger partial charge in [-0.05, 0) is 65.0 Å². The number of carbonyl (C=O) groups is 1. The van der Waals surface area contributed by atoms with Gasteiger partial charge in [-0.1, -0.05) is 37.6 Å². The maximum absolute atomic E-state index is 11.8. The lowest BCUT2D eigenvalue weighted by Crippen LogP contribution is -2.10. The van der Waals surface area contributed by atoms with Gasteiger partial charge in [0.2, 0.25) is 0 Å². The standard InChI is InChI=1S/C20H23BrO3/c1-14(2)16-8-11-19(18(21)13-16)23-12-4-5-20(22)24-17-9-6-15(3)7-10-17/h6-11,13-14H,4-5,12H2,1-3H3. The van der Waals surface area contributed by atoms with Crippen LogP contribution in [0.4, 0.5) is 0 Å². The Morgan fingerprint density at radius 3 is 2.46 bits per heavy atom. The fourth-order valence-corrected chi connectivity index (χ4v) is 2.69. The Labute approximate surface area is 152 Å². The molecule has 0 spiro atoms. The van der Waals surface area contributed by atoms with Crippen molar-refractivity contribution >= 4 is 21.9 Å². The molecule has 0 unspecified atom stereocenters. The molecule has 0 aliphatic rings. The molecule has 0 aromatic heterocycles. The second kappa shape index (κ2) is 8.88. The fraction of sp³-hybridized carbons (Fsp3) is 0.350. The highest BCUT2D eigenvalue weighted by Crippen LogP contribution is 2.29. The van der Waals surface area contributed by atoms with Gasteiger partial charge in [-0.15, -0.1) is 0 Å². The van der Waals surface area contributed by atoms with Crippen LogP contribution in [0, 0.1) is 6.92 Å². The van der Waals surface area contributed by atoms with E-state index in [2.05, 4.69) is 41.9 Å². The lowest BCUT2D eigenvalue weighted by Gasteiger charge is -2.11. The first kappa shape index (κ1) is 18.5. The van der Waals surface area contributed by atoms with E-state index in [4.69, 9.17) is 9.47 Å². The average molecular weight is 391 g/mol. The molecule has 3 nitrogen and oxygen atoms in total. The van der Waals surface area contributed by atoms with Gasteiger partial charge in [0.25, 0.3) is 0 Å². The molecule has 0 N–H and O–H groups in total. The predicted molar refractivity (Wildman–Crippen MR) is 99.8 cm³/mol. The monoisotopic (exact) mass is 390 g/mol. The zero-order chi connectivity index (χ0) is 17.5. The van der Waals surface area contributed by atoms with Crippen molar-refractivity contribution in [3.05, 3.63) is 58.1 Å². The molecule has 0 fully saturated rings. The van der Waals surface area contributed by atoms with Gasteiger partial charge in [-0.3, -0.25) is 4.79 Å². The Hall–Kier alpha value is -1.81. The second-order valence-corrected chi connectivity index (χ2v) is 6.94. The summed E-state index contributed by atoms with van der Waals surface area (Å²) in [6.45, 7) is 6.78. The molecular weight excluding hydrogens is 368 g/mol. The zero-order valence-electron chi connectivity index (χ0n) is 14.3. The van der Waals surface area contributed by atoms with Gasteiger partial charge in [0.1, 0.15) is 11.5 Å². The Morgan fingerprint density at radius 2 is 1.83 bits per heavy atom. The smallest absolute Gasteiger partial charge is 0.311 e. The molecule has 0 aliphatic heterocycles. The number of aryl methyl sites for hydroxylation is 1. The molecule has 128 valence electrons. The summed E-state index contributed by atoms with van der Waals surface area (Å²) in [7, 11) is 0. The molecular formula is C20H23BrO3. The number of halogens is 1. The van der Waals surface area contributed by atoms with Crippen LogP contribution in [0.3, 0.4) is 0 Å². The zero-order valence-corrected chi connectivity index (χ0v) is 15.9. The summed E-state index contributed by atoms with van der Waals surface area (Å²) in [4.78, 5) is 11.8. The van der Waals surface area contributed by atoms with Crippen LogP contribution in [0.2, 0.25) is 0 Å². The van der Waals surface area contributed by atoms with Crippen LogP contribution in [0.1, 0.15) is 43.7 Å². The van der Waals surface area contributed by atoms with Gasteiger partial charge in [0, 0.05) is 6.42 Å². The summed E-state index contributed by atoms with van der Waals surface area (Å²) in [5.74, 6) is 1.62. The number of carbonyl (C=O) groups excluding carboxylic acids is 1. The van der Waals surface area contributed by atoms with Gasteiger partial charge in [-0.25, -0.2) is 0 Å². The first-order valence-corrected chi connectivity index (χ1v) is 8.94. The highest BCUT2D eigenvalue weighted by atomic mass is 79.9. The lowest BCUT2D eigenvalue weighted by atomic mass is 10.0. The first-order chi connectivity index (χ1) is 11.5. The highest BCUT2D eigenvalue weighted by Gasteiger charge is 2.07. The van der Waals surface area contributed by atoms with Gasteiger partial charge in [0.15, 0.2) is 0 Å². The van der Waals surface area contributed by atoms with Crippen LogP contribution in [0.5, 0.6) is 11.5 Å². The summed E-state index contributed by atoms with van der Waals surface area (Å²) in [5.41, 5.74) is 2.40. The molecule has 0 heterocycles. The summed E-state index contributed by atoms with van der Waals surface area (Å²) in [6, 6.07) is 13.6. The van der Waals surface area contributed by atoms with Gasteiger partial charge >= 0.3 is 5.97 Å². The Balaban J connectivity index is 1.74. The van der Waals surface area contributed by atoms with Crippen LogP contribution in [-0.2, 0) is 4.79 Å². The summed E-state index contributed by atoms with van der Waals surface area (Å²) in [6.07, 6.45) is 0.943. The topological polar surface area (TPSA) is 35.5 Å². The SMILES string of the molecule is Cc1ccc(OC(=O)CCCOc2ccc(C(C)C)cc2Br)cc1. The minimum atomic E-state index is -0.239. The van der Waals surface area contributed by atoms with Crippen LogP contribution in [-0.4, -0.2) is 12.6 Å². The van der Waals surface area contributed by atoms with Crippen molar-refractivity contribution in [3.63, 3.8) is 0 Å². The van der Waals surface area contributed by atoms with Crippen LogP contribution < -0.4 is 9.47 Å². The molecule has 0 atom stereocenters. The van der Waals surface area contributed by atoms with E-state index in [1.807, 2.05) is 25.1 Å². The third-order valence-corrected chi connectivity index (χ3v) is 4.28. The molecule has 0 aliphatic carbocycles. The molecule has 0 amide bonds. The van der Waals surface area contributed by atoms with E-state index in [0.29, 0.717) is 31.1 Å². The number of hydrogen-bond acceptors (Lipinski definition) is 3. The molecule has 0 saturated heterocycles. The maximum Gasteiger partial charge on any atom is 0.311 e. The summed E-state index contributed by atoms with van der Waals surface area (Å²) < 4.78 is 12.0. The minimum absolute atomic E-state index is 0.239. The second-order valence-electron chi connectivity index (χ2n) is 6.08. The van der Waals surface area contributed by atoms with E-state index < -0.39 is 0 Å². The lowest BCUT2D eigenvalue weighted by molar-refractivity contribution is -0.134. The van der Waals surface area contributed by atoms with E-state index >= 15 is 0 Å². The van der Waals surface area contributed by atoms with E-state index in [0.717, 1.165) is 15.8 Å². The van der Waals surface area contributed by atoms with Gasteiger partial charge < -0.3 is 9.47 Å². The quantitative estimate of drug-likeness (QED) is 0.348. The number of ether oxygens (including phenoxy) is 2. The van der Waals surface area contributed by atoms with Gasteiger partial charge in [-0.2, -0.15) is 0 Å². The van der Waals surface area contributed by atoms with E-state index in [1.165, 1.54) is 5.56 Å².